The number of hydrogen-bond donors (Lipinski definition) is 1. The first-order chi connectivity index (χ1) is 15.5. The van der Waals surface area contributed by atoms with Crippen molar-refractivity contribution in [2.24, 2.45) is 5.92 Å². The van der Waals surface area contributed by atoms with E-state index in [1.165, 1.54) is 5.69 Å². The smallest absolute Gasteiger partial charge is 0.220 e. The average molecular weight is 451 g/mol. The van der Waals surface area contributed by atoms with Crippen molar-refractivity contribution in [3.63, 3.8) is 0 Å². The molecule has 1 N–H and O–H groups in total. The van der Waals surface area contributed by atoms with Crippen molar-refractivity contribution in [2.75, 3.05) is 44.7 Å². The highest BCUT2D eigenvalue weighted by Gasteiger charge is 2.28. The molecule has 2 aliphatic rings. The number of carbonyl (C=O) groups excluding carboxylic acids is 1. The third-order valence-electron chi connectivity index (χ3n) is 6.62. The average Bonchev–Trinajstić information content (AvgIpc) is 3.39. The largest absolute Gasteiger partial charge is 0.489 e. The highest BCUT2D eigenvalue weighted by Crippen LogP contribution is 2.37. The van der Waals surface area contributed by atoms with Crippen LogP contribution >= 0.6 is 11.3 Å². The standard InChI is InChI=1S/C25H30N4O2S/c1-16(20-14-24(30)26-15-20)31-23-13-19(12-22-25(23)32-17(2)27-22)18-4-6-21(7-5-18)29-10-8-28(3)9-11-29/h4-7,12-13,16,20H,8-11,14-15H2,1-3H3,(H,26,30)/t16-,20-/m1/s1. The summed E-state index contributed by atoms with van der Waals surface area (Å²) < 4.78 is 7.50. The maximum atomic E-state index is 11.6. The lowest BCUT2D eigenvalue weighted by Gasteiger charge is -2.34. The molecule has 168 valence electrons. The van der Waals surface area contributed by atoms with Crippen LogP contribution in [-0.2, 0) is 4.79 Å². The predicted octanol–water partition coefficient (Wildman–Crippen LogP) is 3.93. The van der Waals surface area contributed by atoms with Crippen LogP contribution in [0.5, 0.6) is 5.75 Å². The van der Waals surface area contributed by atoms with E-state index in [2.05, 4.69) is 65.5 Å². The van der Waals surface area contributed by atoms with Crippen LogP contribution in [0, 0.1) is 12.8 Å². The second-order valence-corrected chi connectivity index (χ2v) is 10.2. The number of hydrogen-bond acceptors (Lipinski definition) is 6. The zero-order valence-corrected chi connectivity index (χ0v) is 19.7. The predicted molar refractivity (Wildman–Crippen MR) is 131 cm³/mol. The summed E-state index contributed by atoms with van der Waals surface area (Å²) in [5, 5.41) is 3.94. The third kappa shape index (κ3) is 4.32. The number of thiazole rings is 1. The molecule has 5 rings (SSSR count). The van der Waals surface area contributed by atoms with E-state index in [-0.39, 0.29) is 17.9 Å². The molecule has 0 bridgehead atoms. The van der Waals surface area contributed by atoms with E-state index >= 15 is 0 Å². The Labute approximate surface area is 193 Å². The number of nitrogens with one attached hydrogen (secondary N) is 1. The van der Waals surface area contributed by atoms with Crippen molar-refractivity contribution in [1.29, 1.82) is 0 Å². The van der Waals surface area contributed by atoms with Gasteiger partial charge >= 0.3 is 0 Å². The molecule has 3 aromatic rings. The molecule has 1 aromatic heterocycles. The fraction of sp³-hybridized carbons (Fsp3) is 0.440. The monoisotopic (exact) mass is 450 g/mol. The van der Waals surface area contributed by atoms with Crippen molar-refractivity contribution in [1.82, 2.24) is 15.2 Å². The van der Waals surface area contributed by atoms with Gasteiger partial charge in [-0.25, -0.2) is 4.98 Å². The minimum absolute atomic E-state index is 0.0468. The number of aryl methyl sites for hydroxylation is 1. The Balaban J connectivity index is 1.42. The number of ether oxygens (including phenoxy) is 1. The fourth-order valence-electron chi connectivity index (χ4n) is 4.55. The van der Waals surface area contributed by atoms with Crippen LogP contribution in [0.15, 0.2) is 36.4 Å². The lowest BCUT2D eigenvalue weighted by molar-refractivity contribution is -0.119. The number of nitrogens with zero attached hydrogens (tertiary/aromatic N) is 3. The molecule has 2 atom stereocenters. The summed E-state index contributed by atoms with van der Waals surface area (Å²) in [7, 11) is 2.18. The van der Waals surface area contributed by atoms with Crippen LogP contribution in [0.3, 0.4) is 0 Å². The number of carbonyl (C=O) groups is 1. The molecular formula is C25H30N4O2S. The first-order valence-electron chi connectivity index (χ1n) is 11.3. The number of aromatic nitrogens is 1. The Bertz CT molecular complexity index is 1120. The van der Waals surface area contributed by atoms with Gasteiger partial charge in [0.2, 0.25) is 5.91 Å². The van der Waals surface area contributed by atoms with Crippen LogP contribution in [0.25, 0.3) is 21.3 Å². The molecule has 0 saturated carbocycles. The van der Waals surface area contributed by atoms with Crippen LogP contribution in [0.2, 0.25) is 0 Å². The summed E-state index contributed by atoms with van der Waals surface area (Å²) >= 11 is 1.66. The van der Waals surface area contributed by atoms with Crippen molar-refractivity contribution < 1.29 is 9.53 Å². The van der Waals surface area contributed by atoms with Crippen LogP contribution in [0.4, 0.5) is 5.69 Å². The number of benzene rings is 2. The summed E-state index contributed by atoms with van der Waals surface area (Å²) in [4.78, 5) is 21.2. The van der Waals surface area contributed by atoms with Crippen LogP contribution in [-0.4, -0.2) is 61.7 Å². The fourth-order valence-corrected chi connectivity index (χ4v) is 5.41. The van der Waals surface area contributed by atoms with Gasteiger partial charge in [0.1, 0.15) is 11.9 Å². The first kappa shape index (κ1) is 21.2. The molecule has 0 unspecified atom stereocenters. The summed E-state index contributed by atoms with van der Waals surface area (Å²) in [6.07, 6.45) is 0.480. The molecule has 7 heteroatoms. The summed E-state index contributed by atoms with van der Waals surface area (Å²) in [6, 6.07) is 13.1. The summed E-state index contributed by atoms with van der Waals surface area (Å²) in [5.74, 6) is 1.16. The maximum absolute atomic E-state index is 11.6. The van der Waals surface area contributed by atoms with Gasteiger partial charge in [0.05, 0.1) is 15.2 Å². The lowest BCUT2D eigenvalue weighted by Crippen LogP contribution is -2.44. The molecule has 6 nitrogen and oxygen atoms in total. The third-order valence-corrected chi connectivity index (χ3v) is 7.62. The second-order valence-electron chi connectivity index (χ2n) is 8.98. The van der Waals surface area contributed by atoms with E-state index in [4.69, 9.17) is 9.72 Å². The molecule has 1 amide bonds. The molecule has 0 radical (unpaired) electrons. The Morgan fingerprint density at radius 2 is 1.88 bits per heavy atom. The molecular weight excluding hydrogens is 420 g/mol. The highest BCUT2D eigenvalue weighted by molar-refractivity contribution is 7.18. The molecule has 0 spiro atoms. The van der Waals surface area contributed by atoms with Gasteiger partial charge in [-0.05, 0) is 56.3 Å². The van der Waals surface area contributed by atoms with Gasteiger partial charge in [-0.3, -0.25) is 4.79 Å². The minimum Gasteiger partial charge on any atom is -0.489 e. The van der Waals surface area contributed by atoms with Crippen LogP contribution < -0.4 is 15.0 Å². The van der Waals surface area contributed by atoms with E-state index in [1.807, 2.05) is 6.92 Å². The molecule has 3 heterocycles. The molecule has 0 aliphatic carbocycles. The quantitative estimate of drug-likeness (QED) is 0.638. The molecule has 2 aromatic carbocycles. The van der Waals surface area contributed by atoms with Gasteiger partial charge in [-0.2, -0.15) is 0 Å². The Morgan fingerprint density at radius 3 is 2.56 bits per heavy atom. The van der Waals surface area contributed by atoms with Crippen molar-refractivity contribution in [2.45, 2.75) is 26.4 Å². The number of amides is 1. The van der Waals surface area contributed by atoms with Gasteiger partial charge < -0.3 is 19.9 Å². The number of rotatable bonds is 5. The molecule has 32 heavy (non-hydrogen) atoms. The highest BCUT2D eigenvalue weighted by atomic mass is 32.1. The normalized spacial score (nSPS) is 20.5. The minimum atomic E-state index is -0.0468. The maximum Gasteiger partial charge on any atom is 0.220 e. The van der Waals surface area contributed by atoms with Gasteiger partial charge in [0.15, 0.2) is 0 Å². The van der Waals surface area contributed by atoms with E-state index < -0.39 is 0 Å². The Morgan fingerprint density at radius 1 is 1.12 bits per heavy atom. The van der Waals surface area contributed by atoms with Gasteiger partial charge in [-0.1, -0.05) is 12.1 Å². The van der Waals surface area contributed by atoms with Crippen LogP contribution in [0.1, 0.15) is 18.4 Å². The Hall–Kier alpha value is -2.64. The van der Waals surface area contributed by atoms with Crippen molar-refractivity contribution in [3.05, 3.63) is 41.4 Å². The zero-order chi connectivity index (χ0) is 22.2. The number of piperazine rings is 1. The second kappa shape index (κ2) is 8.71. The first-order valence-corrected chi connectivity index (χ1v) is 12.2. The number of likely N-dealkylation sites (N-methyl/N-ethyl adjacent to an activating group) is 1. The summed E-state index contributed by atoms with van der Waals surface area (Å²) in [6.45, 7) is 9.09. The Kier molecular flexibility index (Phi) is 5.78. The van der Waals surface area contributed by atoms with E-state index in [1.54, 1.807) is 11.3 Å². The van der Waals surface area contributed by atoms with E-state index in [9.17, 15) is 4.79 Å². The van der Waals surface area contributed by atoms with Crippen molar-refractivity contribution >= 4 is 33.1 Å². The molecule has 2 saturated heterocycles. The number of fused-ring (bicyclic) bond motifs is 1. The molecule has 2 fully saturated rings. The molecule has 2 aliphatic heterocycles. The lowest BCUT2D eigenvalue weighted by atomic mass is 10.0. The van der Waals surface area contributed by atoms with E-state index in [0.717, 1.165) is 58.3 Å². The van der Waals surface area contributed by atoms with Gasteiger partial charge in [0, 0.05) is 50.7 Å². The number of anilines is 1. The topological polar surface area (TPSA) is 57.7 Å². The van der Waals surface area contributed by atoms with Gasteiger partial charge in [-0.15, -0.1) is 11.3 Å². The van der Waals surface area contributed by atoms with E-state index in [0.29, 0.717) is 13.0 Å². The SMILES string of the molecule is Cc1nc2cc(-c3ccc(N4CCN(C)CC4)cc3)cc(O[C@H](C)[C@H]3CNC(=O)C3)c2s1. The van der Waals surface area contributed by atoms with Crippen molar-refractivity contribution in [3.8, 4) is 16.9 Å². The van der Waals surface area contributed by atoms with Gasteiger partial charge in [0.25, 0.3) is 0 Å². The zero-order valence-electron chi connectivity index (χ0n) is 18.9. The summed E-state index contributed by atoms with van der Waals surface area (Å²) in [5.41, 5.74) is 4.51.